The zero-order valence-corrected chi connectivity index (χ0v) is 7.53. The summed E-state index contributed by atoms with van der Waals surface area (Å²) in [5, 5.41) is 2.36. The van der Waals surface area contributed by atoms with Crippen molar-refractivity contribution in [2.75, 3.05) is 5.32 Å². The minimum absolute atomic E-state index is 0.0188. The fraction of sp³-hybridized carbons (Fsp3) is 0.111. The molecule has 0 atom stereocenters. The van der Waals surface area contributed by atoms with Crippen LogP contribution in [0, 0.1) is 5.82 Å². The van der Waals surface area contributed by atoms with Crippen LogP contribution in [0.1, 0.15) is 5.56 Å². The monoisotopic (exact) mass is 220 g/mol. The maximum absolute atomic E-state index is 12.8. The standard InChI is InChI=1S/C9H8F4N2/c1-5(14)15-6-2-3-8(10)7(4-6)9(11,12)13/h2-4,15H,1,14H2. The van der Waals surface area contributed by atoms with Gasteiger partial charge in [-0.3, -0.25) is 0 Å². The van der Waals surface area contributed by atoms with E-state index >= 15 is 0 Å². The van der Waals surface area contributed by atoms with Gasteiger partial charge in [0.1, 0.15) is 5.82 Å². The Hall–Kier alpha value is -1.72. The van der Waals surface area contributed by atoms with Gasteiger partial charge in [0.25, 0.3) is 0 Å². The van der Waals surface area contributed by atoms with Gasteiger partial charge >= 0.3 is 6.18 Å². The summed E-state index contributed by atoms with van der Waals surface area (Å²) >= 11 is 0. The molecule has 3 N–H and O–H groups in total. The molecule has 2 nitrogen and oxygen atoms in total. The van der Waals surface area contributed by atoms with Crippen molar-refractivity contribution in [3.8, 4) is 0 Å². The quantitative estimate of drug-likeness (QED) is 0.752. The van der Waals surface area contributed by atoms with Crippen LogP contribution in [0.5, 0.6) is 0 Å². The summed E-state index contributed by atoms with van der Waals surface area (Å²) in [6, 6.07) is 2.49. The number of hydrogen-bond donors (Lipinski definition) is 2. The average molecular weight is 220 g/mol. The lowest BCUT2D eigenvalue weighted by molar-refractivity contribution is -0.139. The molecule has 0 aromatic heterocycles. The molecule has 0 heterocycles. The summed E-state index contributed by atoms with van der Waals surface area (Å²) in [5.74, 6) is -1.34. The van der Waals surface area contributed by atoms with Crippen molar-refractivity contribution in [3.63, 3.8) is 0 Å². The van der Waals surface area contributed by atoms with E-state index in [4.69, 9.17) is 5.73 Å². The highest BCUT2D eigenvalue weighted by Gasteiger charge is 2.34. The molecule has 0 bridgehead atoms. The van der Waals surface area contributed by atoms with Crippen LogP contribution in [-0.2, 0) is 6.18 Å². The maximum atomic E-state index is 12.8. The van der Waals surface area contributed by atoms with Crippen LogP contribution in [0.15, 0.2) is 30.6 Å². The molecule has 1 rings (SSSR count). The van der Waals surface area contributed by atoms with E-state index < -0.39 is 17.6 Å². The summed E-state index contributed by atoms with van der Waals surface area (Å²) in [6.07, 6.45) is -4.72. The van der Waals surface area contributed by atoms with Crippen molar-refractivity contribution in [2.45, 2.75) is 6.18 Å². The molecule has 0 saturated heterocycles. The molecule has 6 heteroatoms. The Morgan fingerprint density at radius 1 is 1.33 bits per heavy atom. The van der Waals surface area contributed by atoms with Gasteiger partial charge in [0, 0.05) is 5.69 Å². The molecule has 0 saturated carbocycles. The van der Waals surface area contributed by atoms with Crippen LogP contribution in [0.2, 0.25) is 0 Å². The third-order valence-corrected chi connectivity index (χ3v) is 1.58. The lowest BCUT2D eigenvalue weighted by atomic mass is 10.2. The molecule has 0 aliphatic heterocycles. The van der Waals surface area contributed by atoms with Gasteiger partial charge in [-0.1, -0.05) is 6.58 Å². The second-order valence-electron chi connectivity index (χ2n) is 2.84. The van der Waals surface area contributed by atoms with E-state index in [1.54, 1.807) is 0 Å². The largest absolute Gasteiger partial charge is 0.419 e. The van der Waals surface area contributed by atoms with Gasteiger partial charge < -0.3 is 11.1 Å². The van der Waals surface area contributed by atoms with Crippen LogP contribution >= 0.6 is 0 Å². The number of rotatable bonds is 2. The number of halogens is 4. The van der Waals surface area contributed by atoms with Gasteiger partial charge in [0.05, 0.1) is 11.4 Å². The number of nitrogens with two attached hydrogens (primary N) is 1. The molecular weight excluding hydrogens is 212 g/mol. The van der Waals surface area contributed by atoms with Crippen LogP contribution in [0.3, 0.4) is 0 Å². The fourth-order valence-electron chi connectivity index (χ4n) is 1.01. The predicted molar refractivity (Wildman–Crippen MR) is 48.4 cm³/mol. The molecule has 0 fully saturated rings. The summed E-state index contributed by atoms with van der Waals surface area (Å²) in [6.45, 7) is 3.26. The highest BCUT2D eigenvalue weighted by molar-refractivity contribution is 5.50. The zero-order chi connectivity index (χ0) is 11.6. The van der Waals surface area contributed by atoms with Gasteiger partial charge in [0.15, 0.2) is 0 Å². The molecule has 0 aliphatic carbocycles. The third kappa shape index (κ3) is 2.87. The Morgan fingerprint density at radius 3 is 2.40 bits per heavy atom. The average Bonchev–Trinajstić information content (AvgIpc) is 2.05. The molecular formula is C9H8F4N2. The summed E-state index contributed by atoms with van der Waals surface area (Å²) < 4.78 is 49.5. The van der Waals surface area contributed by atoms with Gasteiger partial charge in [-0.05, 0) is 18.2 Å². The van der Waals surface area contributed by atoms with E-state index in [-0.39, 0.29) is 11.5 Å². The van der Waals surface area contributed by atoms with Crippen LogP contribution in [0.4, 0.5) is 23.2 Å². The van der Waals surface area contributed by atoms with Crippen LogP contribution < -0.4 is 11.1 Å². The smallest absolute Gasteiger partial charge is 0.386 e. The Morgan fingerprint density at radius 2 is 1.93 bits per heavy atom. The van der Waals surface area contributed by atoms with Gasteiger partial charge in [-0.25, -0.2) is 4.39 Å². The van der Waals surface area contributed by atoms with Gasteiger partial charge in [-0.2, -0.15) is 13.2 Å². The molecule has 1 aromatic rings. The van der Waals surface area contributed by atoms with Crippen molar-refractivity contribution in [3.05, 3.63) is 42.0 Å². The van der Waals surface area contributed by atoms with Crippen molar-refractivity contribution in [2.24, 2.45) is 5.73 Å². The van der Waals surface area contributed by atoms with Crippen molar-refractivity contribution < 1.29 is 17.6 Å². The van der Waals surface area contributed by atoms with E-state index in [1.165, 1.54) is 0 Å². The molecule has 82 valence electrons. The molecule has 1 aromatic carbocycles. The SMILES string of the molecule is C=C(N)Nc1ccc(F)c(C(F)(F)F)c1. The topological polar surface area (TPSA) is 38.0 Å². The van der Waals surface area contributed by atoms with Crippen molar-refractivity contribution in [1.29, 1.82) is 0 Å². The van der Waals surface area contributed by atoms with E-state index in [1.807, 2.05) is 0 Å². The number of anilines is 1. The molecule has 0 spiro atoms. The number of benzene rings is 1. The lowest BCUT2D eigenvalue weighted by Crippen LogP contribution is -2.11. The highest BCUT2D eigenvalue weighted by Crippen LogP contribution is 2.32. The van der Waals surface area contributed by atoms with Crippen LogP contribution in [-0.4, -0.2) is 0 Å². The number of nitrogens with one attached hydrogen (secondary N) is 1. The first-order valence-corrected chi connectivity index (χ1v) is 3.89. The Balaban J connectivity index is 3.11. The number of hydrogen-bond acceptors (Lipinski definition) is 2. The molecule has 0 amide bonds. The fourth-order valence-corrected chi connectivity index (χ4v) is 1.01. The molecule has 0 aliphatic rings. The zero-order valence-electron chi connectivity index (χ0n) is 7.53. The molecule has 0 radical (unpaired) electrons. The predicted octanol–water partition coefficient (Wildman–Crippen LogP) is 2.69. The van der Waals surface area contributed by atoms with E-state index in [0.717, 1.165) is 6.07 Å². The van der Waals surface area contributed by atoms with Crippen molar-refractivity contribution >= 4 is 5.69 Å². The second kappa shape index (κ2) is 3.80. The maximum Gasteiger partial charge on any atom is 0.419 e. The summed E-state index contributed by atoms with van der Waals surface area (Å²) in [4.78, 5) is 0. The Labute approximate surface area is 83.4 Å². The second-order valence-corrected chi connectivity index (χ2v) is 2.84. The Bertz CT molecular complexity index is 384. The van der Waals surface area contributed by atoms with Crippen LogP contribution in [0.25, 0.3) is 0 Å². The van der Waals surface area contributed by atoms with Crippen molar-refractivity contribution in [1.82, 2.24) is 0 Å². The normalized spacial score (nSPS) is 11.2. The van der Waals surface area contributed by atoms with E-state index in [2.05, 4.69) is 11.9 Å². The highest BCUT2D eigenvalue weighted by atomic mass is 19.4. The first-order valence-electron chi connectivity index (χ1n) is 3.89. The minimum Gasteiger partial charge on any atom is -0.386 e. The van der Waals surface area contributed by atoms with Gasteiger partial charge in [0.2, 0.25) is 0 Å². The molecule has 0 unspecified atom stereocenters. The summed E-state index contributed by atoms with van der Waals surface area (Å²) in [5.41, 5.74) is 3.84. The number of alkyl halides is 3. The Kier molecular flexibility index (Phi) is 2.88. The lowest BCUT2D eigenvalue weighted by Gasteiger charge is -2.11. The first kappa shape index (κ1) is 11.4. The first-order chi connectivity index (χ1) is 6.80. The van der Waals surface area contributed by atoms with Gasteiger partial charge in [-0.15, -0.1) is 0 Å². The third-order valence-electron chi connectivity index (χ3n) is 1.58. The summed E-state index contributed by atoms with van der Waals surface area (Å²) in [7, 11) is 0. The van der Waals surface area contributed by atoms with E-state index in [0.29, 0.717) is 12.1 Å². The molecule has 15 heavy (non-hydrogen) atoms. The van der Waals surface area contributed by atoms with E-state index in [9.17, 15) is 17.6 Å². The minimum atomic E-state index is -4.72.